The van der Waals surface area contributed by atoms with E-state index in [0.717, 1.165) is 11.4 Å². The van der Waals surface area contributed by atoms with Gasteiger partial charge in [0.05, 0.1) is 25.5 Å². The molecule has 6 heteroatoms. The summed E-state index contributed by atoms with van der Waals surface area (Å²) in [5, 5.41) is 0. The topological polar surface area (TPSA) is 61.4 Å². The Morgan fingerprint density at radius 3 is 2.84 bits per heavy atom. The second-order valence-corrected chi connectivity index (χ2v) is 4.07. The molecule has 3 heterocycles. The molecule has 0 spiro atoms. The van der Waals surface area contributed by atoms with Crippen LogP contribution in [0.25, 0.3) is 5.78 Å². The van der Waals surface area contributed by atoms with Crippen molar-refractivity contribution in [2.24, 2.45) is 0 Å². The van der Waals surface area contributed by atoms with Gasteiger partial charge in [-0.05, 0) is 12.1 Å². The monoisotopic (exact) mass is 256 g/mol. The first kappa shape index (κ1) is 11.5. The minimum absolute atomic E-state index is 0.0913. The summed E-state index contributed by atoms with van der Waals surface area (Å²) in [7, 11) is 1.60. The lowest BCUT2D eigenvalue weighted by atomic mass is 10.3. The fourth-order valence-electron chi connectivity index (χ4n) is 1.90. The molecule has 0 saturated carbocycles. The second kappa shape index (κ2) is 4.56. The molecule has 3 aromatic heterocycles. The quantitative estimate of drug-likeness (QED) is 0.700. The van der Waals surface area contributed by atoms with E-state index in [1.165, 1.54) is 16.7 Å². The van der Waals surface area contributed by atoms with Crippen molar-refractivity contribution in [3.63, 3.8) is 0 Å². The van der Waals surface area contributed by atoms with Crippen molar-refractivity contribution in [2.45, 2.75) is 6.54 Å². The third kappa shape index (κ3) is 2.08. The van der Waals surface area contributed by atoms with Gasteiger partial charge in [-0.15, -0.1) is 0 Å². The standard InChI is InChI=1S/C13H12N4O2/c1-19-11-3-2-10(15-8-11)9-16-6-7-17-12(18)4-5-14-13(16)17/h2-8H,9H2,1H3. The van der Waals surface area contributed by atoms with E-state index in [0.29, 0.717) is 12.3 Å². The number of ether oxygens (including phenoxy) is 1. The average molecular weight is 256 g/mol. The van der Waals surface area contributed by atoms with Gasteiger partial charge < -0.3 is 9.30 Å². The van der Waals surface area contributed by atoms with Crippen LogP contribution in [0.2, 0.25) is 0 Å². The summed E-state index contributed by atoms with van der Waals surface area (Å²) in [6.07, 6.45) is 6.69. The third-order valence-corrected chi connectivity index (χ3v) is 2.88. The van der Waals surface area contributed by atoms with Crippen molar-refractivity contribution in [2.75, 3.05) is 7.11 Å². The van der Waals surface area contributed by atoms with E-state index in [4.69, 9.17) is 4.74 Å². The van der Waals surface area contributed by atoms with Gasteiger partial charge in [-0.1, -0.05) is 0 Å². The van der Waals surface area contributed by atoms with Crippen LogP contribution in [0.5, 0.6) is 5.75 Å². The van der Waals surface area contributed by atoms with Crippen LogP contribution >= 0.6 is 0 Å². The number of rotatable bonds is 3. The molecule has 0 unspecified atom stereocenters. The van der Waals surface area contributed by atoms with Crippen molar-refractivity contribution < 1.29 is 4.74 Å². The Morgan fingerprint density at radius 2 is 2.11 bits per heavy atom. The van der Waals surface area contributed by atoms with Crippen molar-refractivity contribution in [3.05, 3.63) is 59.0 Å². The fraction of sp³-hybridized carbons (Fsp3) is 0.154. The highest BCUT2D eigenvalue weighted by atomic mass is 16.5. The molecule has 0 atom stereocenters. The van der Waals surface area contributed by atoms with Crippen LogP contribution in [0.15, 0.2) is 47.8 Å². The van der Waals surface area contributed by atoms with Crippen molar-refractivity contribution in [1.82, 2.24) is 18.9 Å². The Bertz CT molecular complexity index is 758. The highest BCUT2D eigenvalue weighted by Crippen LogP contribution is 2.10. The molecule has 3 aromatic rings. The van der Waals surface area contributed by atoms with Gasteiger partial charge >= 0.3 is 0 Å². The summed E-state index contributed by atoms with van der Waals surface area (Å²) in [4.78, 5) is 20.1. The van der Waals surface area contributed by atoms with Crippen LogP contribution in [0.1, 0.15) is 5.69 Å². The smallest absolute Gasteiger partial charge is 0.258 e. The molecular weight excluding hydrogens is 244 g/mol. The Morgan fingerprint density at radius 1 is 1.21 bits per heavy atom. The lowest BCUT2D eigenvalue weighted by Crippen LogP contribution is -2.12. The van der Waals surface area contributed by atoms with E-state index in [1.54, 1.807) is 19.5 Å². The van der Waals surface area contributed by atoms with E-state index in [-0.39, 0.29) is 5.56 Å². The zero-order valence-electron chi connectivity index (χ0n) is 10.4. The molecule has 0 aliphatic rings. The SMILES string of the molecule is COc1ccc(Cn2ccn3c(=O)ccnc23)nc1. The summed E-state index contributed by atoms with van der Waals surface area (Å²) >= 11 is 0. The molecule has 0 saturated heterocycles. The summed E-state index contributed by atoms with van der Waals surface area (Å²) in [5.74, 6) is 1.32. The molecule has 96 valence electrons. The molecule has 19 heavy (non-hydrogen) atoms. The molecule has 0 aliphatic carbocycles. The Labute approximate surface area is 108 Å². The van der Waals surface area contributed by atoms with Gasteiger partial charge in [0, 0.05) is 24.7 Å². The molecule has 0 bridgehead atoms. The maximum Gasteiger partial charge on any atom is 0.258 e. The number of hydrogen-bond acceptors (Lipinski definition) is 4. The minimum Gasteiger partial charge on any atom is -0.495 e. The first-order valence-electron chi connectivity index (χ1n) is 5.79. The zero-order valence-corrected chi connectivity index (χ0v) is 10.4. The number of pyridine rings is 1. The summed E-state index contributed by atoms with van der Waals surface area (Å²) in [6.45, 7) is 0.553. The molecular formula is C13H12N4O2. The normalized spacial score (nSPS) is 10.8. The van der Waals surface area contributed by atoms with Gasteiger partial charge in [-0.25, -0.2) is 4.98 Å². The Hall–Kier alpha value is -2.63. The number of nitrogens with zero attached hydrogens (tertiary/aromatic N) is 4. The molecule has 0 radical (unpaired) electrons. The van der Waals surface area contributed by atoms with E-state index in [1.807, 2.05) is 22.9 Å². The molecule has 0 aliphatic heterocycles. The van der Waals surface area contributed by atoms with Crippen molar-refractivity contribution >= 4 is 5.78 Å². The summed E-state index contributed by atoms with van der Waals surface area (Å²) in [5.41, 5.74) is 0.781. The molecule has 3 rings (SSSR count). The molecule has 0 amide bonds. The predicted octanol–water partition coefficient (Wildman–Crippen LogP) is 0.948. The number of imidazole rings is 1. The van der Waals surface area contributed by atoms with Crippen LogP contribution in [0.3, 0.4) is 0 Å². The second-order valence-electron chi connectivity index (χ2n) is 4.07. The van der Waals surface area contributed by atoms with Crippen LogP contribution in [-0.2, 0) is 6.54 Å². The van der Waals surface area contributed by atoms with Crippen molar-refractivity contribution in [1.29, 1.82) is 0 Å². The van der Waals surface area contributed by atoms with Crippen LogP contribution in [-0.4, -0.2) is 26.0 Å². The fourth-order valence-corrected chi connectivity index (χ4v) is 1.90. The predicted molar refractivity (Wildman–Crippen MR) is 69.3 cm³/mol. The number of aromatic nitrogens is 4. The molecule has 6 nitrogen and oxygen atoms in total. The van der Waals surface area contributed by atoms with Gasteiger partial charge in [0.1, 0.15) is 5.75 Å². The van der Waals surface area contributed by atoms with E-state index >= 15 is 0 Å². The minimum atomic E-state index is -0.0913. The summed E-state index contributed by atoms with van der Waals surface area (Å²) in [6, 6.07) is 5.17. The van der Waals surface area contributed by atoms with Gasteiger partial charge in [-0.2, -0.15) is 0 Å². The average Bonchev–Trinajstić information content (AvgIpc) is 2.84. The van der Waals surface area contributed by atoms with Crippen LogP contribution in [0.4, 0.5) is 0 Å². The maximum atomic E-state index is 11.6. The van der Waals surface area contributed by atoms with E-state index < -0.39 is 0 Å². The molecule has 0 aromatic carbocycles. The van der Waals surface area contributed by atoms with E-state index in [9.17, 15) is 4.79 Å². The lowest BCUT2D eigenvalue weighted by molar-refractivity contribution is 0.412. The lowest BCUT2D eigenvalue weighted by Gasteiger charge is -2.04. The van der Waals surface area contributed by atoms with Gasteiger partial charge in [-0.3, -0.25) is 14.2 Å². The zero-order chi connectivity index (χ0) is 13.2. The highest BCUT2D eigenvalue weighted by molar-refractivity contribution is 5.30. The van der Waals surface area contributed by atoms with E-state index in [2.05, 4.69) is 9.97 Å². The number of fused-ring (bicyclic) bond motifs is 1. The number of hydrogen-bond donors (Lipinski definition) is 0. The van der Waals surface area contributed by atoms with Gasteiger partial charge in [0.25, 0.3) is 5.56 Å². The highest BCUT2D eigenvalue weighted by Gasteiger charge is 2.04. The third-order valence-electron chi connectivity index (χ3n) is 2.88. The van der Waals surface area contributed by atoms with Crippen LogP contribution < -0.4 is 10.3 Å². The molecule has 0 N–H and O–H groups in total. The largest absolute Gasteiger partial charge is 0.495 e. The maximum absolute atomic E-state index is 11.6. The van der Waals surface area contributed by atoms with Crippen LogP contribution in [0, 0.1) is 0 Å². The van der Waals surface area contributed by atoms with Gasteiger partial charge in [0.2, 0.25) is 5.78 Å². The van der Waals surface area contributed by atoms with Gasteiger partial charge in [0.15, 0.2) is 0 Å². The van der Waals surface area contributed by atoms with Crippen molar-refractivity contribution in [3.8, 4) is 5.75 Å². The first-order valence-corrected chi connectivity index (χ1v) is 5.79. The number of methoxy groups -OCH3 is 1. The Balaban J connectivity index is 1.96. The summed E-state index contributed by atoms with van der Waals surface area (Å²) < 4.78 is 8.44. The first-order chi connectivity index (χ1) is 9.28. The molecule has 0 fully saturated rings. The Kier molecular flexibility index (Phi) is 2.75.